The minimum atomic E-state index is -0.594. The lowest BCUT2D eigenvalue weighted by atomic mass is 9.76. The minimum Gasteiger partial charge on any atom is -0.309 e. The summed E-state index contributed by atoms with van der Waals surface area (Å²) in [5.74, 6) is 0. The van der Waals surface area contributed by atoms with Crippen LogP contribution in [0.15, 0.2) is 515 Å². The van der Waals surface area contributed by atoms with Gasteiger partial charge >= 0.3 is 0 Å². The molecule has 0 bridgehead atoms. The molecular formula is C148H136N2. The second-order valence-corrected chi connectivity index (χ2v) is 43.5. The van der Waals surface area contributed by atoms with Crippen molar-refractivity contribution in [2.24, 2.45) is 0 Å². The van der Waals surface area contributed by atoms with Gasteiger partial charge in [-0.05, 0) is 282 Å². The highest BCUT2D eigenvalue weighted by Gasteiger charge is 2.31. The monoisotopic (exact) mass is 1960 g/mol. The standard InChI is InChI=1S/C46H38.C34H28N2.2C23H24.C22H22/c1-46(2,3)45-43(41-29-37(33-17-8-4-9-18-33)27-38(30-41)34-19-10-5-11-20-34)25-16-26-44(45)42-31-39(35-21-12-6-13-22-35)28-40(32-42)36-23-14-7-15-24-36;1-34(2,3)33-31(35-27-17-8-4-13-23(27)24-14-5-9-18-28(24)35)21-12-22-32(33)36-29-19-10-6-15-25(29)26-16-7-11-20-30(26)36;1-17-10-8-13-19(16-17)21-15-9-14-20(22(21)23(2,3)4)18-11-6-5-7-12-18;1-17-10-12-19(13-11-17)21-14-20(18-8-6-5-7-9-18)15-22(16-21)23(2,3)4;1-22(2,3)21-15-19(17-10-6-4-7-11-17)14-20(16-21)18-12-8-5-9-13-18/h4-32H,1-3H3;4-22H,1-3H3;2*5-16H,1-4H3;4-16H,1-3H3/i;;5D,6D,7D,8D,10D,11D,12D,13D,16D;5D,6D,7D,8D,9D,10D,11D,12D,13D;. The highest BCUT2D eigenvalue weighted by Crippen LogP contribution is 2.49. The number of hydrogen-bond acceptors (Lipinski definition) is 0. The summed E-state index contributed by atoms with van der Waals surface area (Å²) in [6.45, 7) is 35.5. The van der Waals surface area contributed by atoms with Gasteiger partial charge in [-0.2, -0.15) is 0 Å². The lowest BCUT2D eigenvalue weighted by Gasteiger charge is -2.28. The van der Waals surface area contributed by atoms with Crippen molar-refractivity contribution in [3.8, 4) is 145 Å². The van der Waals surface area contributed by atoms with Gasteiger partial charge in [-0.25, -0.2) is 0 Å². The molecule has 150 heavy (non-hydrogen) atoms. The summed E-state index contributed by atoms with van der Waals surface area (Å²) in [7, 11) is 0. The molecule has 0 aliphatic rings. The molecule has 0 atom stereocenters. The predicted molar refractivity (Wildman–Crippen MR) is 649 cm³/mol. The highest BCUT2D eigenvalue weighted by molar-refractivity contribution is 6.11. The molecule has 23 aromatic rings. The van der Waals surface area contributed by atoms with Gasteiger partial charge < -0.3 is 9.13 Å². The van der Waals surface area contributed by atoms with Crippen LogP contribution in [0.3, 0.4) is 0 Å². The highest BCUT2D eigenvalue weighted by atomic mass is 15.0. The van der Waals surface area contributed by atoms with Crippen LogP contribution in [0.25, 0.3) is 189 Å². The molecule has 0 fully saturated rings. The second kappa shape index (κ2) is 44.1. The van der Waals surface area contributed by atoms with Crippen LogP contribution in [0.2, 0.25) is 0 Å². The van der Waals surface area contributed by atoms with Crippen LogP contribution >= 0.6 is 0 Å². The molecule has 2 nitrogen and oxygen atoms in total. The summed E-state index contributed by atoms with van der Waals surface area (Å²) >= 11 is 0. The first kappa shape index (κ1) is 81.3. The van der Waals surface area contributed by atoms with Gasteiger partial charge in [-0.15, -0.1) is 0 Å². The summed E-state index contributed by atoms with van der Waals surface area (Å²) in [6, 6.07) is 139. The van der Waals surface area contributed by atoms with Crippen molar-refractivity contribution in [1.82, 2.24) is 9.13 Å². The fourth-order valence-corrected chi connectivity index (χ4v) is 20.3. The van der Waals surface area contributed by atoms with Gasteiger partial charge in [0.15, 0.2) is 0 Å². The van der Waals surface area contributed by atoms with E-state index in [1.54, 1.807) is 43.3 Å². The van der Waals surface area contributed by atoms with Gasteiger partial charge in [0.05, 0.1) is 58.1 Å². The van der Waals surface area contributed by atoms with Gasteiger partial charge in [0, 0.05) is 27.1 Å². The number of rotatable bonds is 14. The molecule has 0 aliphatic carbocycles. The van der Waals surface area contributed by atoms with Crippen molar-refractivity contribution in [2.45, 2.75) is 145 Å². The summed E-state index contributed by atoms with van der Waals surface area (Å²) in [6.07, 6.45) is 0. The molecule has 0 radical (unpaired) electrons. The number of aromatic nitrogens is 2. The number of fused-ring (bicyclic) bond motifs is 6. The molecule has 2 heteroatoms. The second-order valence-electron chi connectivity index (χ2n) is 43.5. The zero-order valence-corrected chi connectivity index (χ0v) is 88.6. The molecule has 0 saturated heterocycles. The molecule has 0 amide bonds. The SMILES string of the molecule is CC(C)(C)c1c(-c2cc(-c3ccccc3)cc(-c3ccccc3)c2)cccc1-c1cc(-c2ccccc2)cc(-c2ccccc2)c1.CC(C)(C)c1c(-n2c3ccccc3c3ccccc32)cccc1-n1c2ccccc2c2ccccc21.CC(C)(C)c1cc(-c2ccccc2)cc(-c2ccccc2)c1.[2H]c1c([2H])c([2H])c(-c2cc(-c3c([2H])c([2H])c(C)c([2H])c3[2H])cc(C(C)(C)C)c2)c([2H])c1[2H].[2H]c1c([2H])c([2H])c(-c2cccc(-c3c([2H])c([2H])c([2H])c(C)c3[2H])c2C(C)(C)C)c([2H])c1[2H]. The van der Waals surface area contributed by atoms with Crippen LogP contribution in [0, 0.1) is 13.8 Å². The van der Waals surface area contributed by atoms with Crippen LogP contribution < -0.4 is 0 Å². The van der Waals surface area contributed by atoms with Crippen LogP contribution in [-0.2, 0) is 27.1 Å². The fraction of sp³-hybridized carbons (Fsp3) is 0.149. The van der Waals surface area contributed by atoms with E-state index in [9.17, 15) is 0 Å². The third-order valence-corrected chi connectivity index (χ3v) is 27.4. The Labute approximate surface area is 915 Å². The predicted octanol–water partition coefficient (Wildman–Crippen LogP) is 41.7. The van der Waals surface area contributed by atoms with Crippen LogP contribution in [0.5, 0.6) is 0 Å². The van der Waals surface area contributed by atoms with E-state index in [-0.39, 0.29) is 128 Å². The molecule has 21 aromatic carbocycles. The molecule has 2 aromatic heterocycles. The Bertz CT molecular complexity index is 8990. The first-order chi connectivity index (χ1) is 79.9. The van der Waals surface area contributed by atoms with Gasteiger partial charge in [0.1, 0.15) is 0 Å². The molecule has 0 saturated carbocycles. The maximum atomic E-state index is 8.59. The Morgan fingerprint density at radius 1 is 0.167 bits per heavy atom. The Balaban J connectivity index is 0.000000131. The quantitative estimate of drug-likeness (QED) is 0.103. The average molecular weight is 1960 g/mol. The Morgan fingerprint density at radius 3 is 0.707 bits per heavy atom. The normalized spacial score (nSPS) is 13.3. The van der Waals surface area contributed by atoms with Crippen molar-refractivity contribution >= 4 is 43.6 Å². The largest absolute Gasteiger partial charge is 0.309 e. The number of hydrogen-bond donors (Lipinski definition) is 0. The molecule has 2 heterocycles. The van der Waals surface area contributed by atoms with Gasteiger partial charge in [0.2, 0.25) is 0 Å². The summed E-state index contributed by atoms with van der Waals surface area (Å²) in [5, 5.41) is 5.15. The molecule has 0 unspecified atom stereocenters. The van der Waals surface area contributed by atoms with E-state index in [0.717, 1.165) is 5.56 Å². The third-order valence-electron chi connectivity index (χ3n) is 27.4. The minimum absolute atomic E-state index is 0.0280. The van der Waals surface area contributed by atoms with Crippen molar-refractivity contribution in [3.05, 3.63) is 554 Å². The van der Waals surface area contributed by atoms with Crippen LogP contribution in [0.1, 0.15) is 167 Å². The molecule has 0 aliphatic heterocycles. The van der Waals surface area contributed by atoms with E-state index in [0.29, 0.717) is 27.8 Å². The van der Waals surface area contributed by atoms with Crippen LogP contribution in [0.4, 0.5) is 0 Å². The van der Waals surface area contributed by atoms with E-state index in [4.69, 9.17) is 24.7 Å². The smallest absolute Gasteiger partial charge is 0.0632 e. The van der Waals surface area contributed by atoms with Crippen molar-refractivity contribution < 1.29 is 24.7 Å². The Kier molecular flexibility index (Phi) is 23.9. The number of benzene rings is 21. The van der Waals surface area contributed by atoms with E-state index < -0.39 is 41.7 Å². The topological polar surface area (TPSA) is 9.86 Å². The Hall–Kier alpha value is -16.8. The molecular weight excluding hydrogens is 1810 g/mol. The summed E-state index contributed by atoms with van der Waals surface area (Å²) in [4.78, 5) is 0. The molecule has 0 spiro atoms. The van der Waals surface area contributed by atoms with Gasteiger partial charge in [-0.3, -0.25) is 0 Å². The first-order valence-corrected chi connectivity index (χ1v) is 51.5. The lowest BCUT2D eigenvalue weighted by Crippen LogP contribution is -2.19. The maximum Gasteiger partial charge on any atom is 0.0632 e. The van der Waals surface area contributed by atoms with Crippen molar-refractivity contribution in [3.63, 3.8) is 0 Å². The zero-order chi connectivity index (χ0) is 120. The number of nitrogens with zero attached hydrogens (tertiary/aromatic N) is 2. The third kappa shape index (κ3) is 23.0. The summed E-state index contributed by atoms with van der Waals surface area (Å²) < 4.78 is 153. The van der Waals surface area contributed by atoms with Gasteiger partial charge in [-0.1, -0.05) is 545 Å². The van der Waals surface area contributed by atoms with Crippen molar-refractivity contribution in [2.75, 3.05) is 0 Å². The average Bonchev–Trinajstić information content (AvgIpc) is 1.40. The molecule has 0 N–H and O–H groups in total. The lowest BCUT2D eigenvalue weighted by molar-refractivity contribution is 0.584. The van der Waals surface area contributed by atoms with E-state index in [2.05, 4.69) is 441 Å². The fourth-order valence-electron chi connectivity index (χ4n) is 20.3. The first-order valence-electron chi connectivity index (χ1n) is 60.5. The van der Waals surface area contributed by atoms with Crippen molar-refractivity contribution in [1.29, 1.82) is 0 Å². The number of para-hydroxylation sites is 4. The van der Waals surface area contributed by atoms with Gasteiger partial charge in [0.25, 0.3) is 0 Å². The molecule has 738 valence electrons. The van der Waals surface area contributed by atoms with Crippen LogP contribution in [-0.4, -0.2) is 9.13 Å². The maximum absolute atomic E-state index is 8.59. The molecule has 23 rings (SSSR count). The summed E-state index contributed by atoms with van der Waals surface area (Å²) in [5.41, 5.74) is 34.3. The zero-order valence-electron chi connectivity index (χ0n) is 107. The van der Waals surface area contributed by atoms with E-state index in [1.807, 2.05) is 41.5 Å². The van der Waals surface area contributed by atoms with E-state index in [1.165, 1.54) is 168 Å². The van der Waals surface area contributed by atoms with E-state index >= 15 is 0 Å². The Morgan fingerprint density at radius 2 is 0.407 bits per heavy atom.